The number of hydrogen-bond acceptors (Lipinski definition) is 3. The monoisotopic (exact) mass is 334 g/mol. The lowest BCUT2D eigenvalue weighted by Crippen LogP contribution is -2.47. The molecular formula is C10H5F7N2O3. The molecule has 1 aromatic rings. The van der Waals surface area contributed by atoms with Crippen molar-refractivity contribution in [1.82, 2.24) is 5.32 Å². The van der Waals surface area contributed by atoms with Gasteiger partial charge in [0.2, 0.25) is 5.82 Å². The Labute approximate surface area is 116 Å². The summed E-state index contributed by atoms with van der Waals surface area (Å²) in [5.74, 6) is -11.0. The van der Waals surface area contributed by atoms with Gasteiger partial charge in [-0.3, -0.25) is 14.9 Å². The lowest BCUT2D eigenvalue weighted by Gasteiger charge is -2.19. The molecule has 0 aromatic heterocycles. The molecule has 1 rings (SSSR count). The number of carbonyl (C=O) groups is 1. The number of carbonyl (C=O) groups excluding carboxylic acids is 1. The van der Waals surface area contributed by atoms with Crippen LogP contribution in [0.2, 0.25) is 0 Å². The van der Waals surface area contributed by atoms with Crippen molar-refractivity contribution in [3.05, 3.63) is 39.4 Å². The summed E-state index contributed by atoms with van der Waals surface area (Å²) in [7, 11) is 0. The Morgan fingerprint density at radius 3 is 2.18 bits per heavy atom. The van der Waals surface area contributed by atoms with Crippen LogP contribution in [0.1, 0.15) is 10.4 Å². The molecule has 1 amide bonds. The lowest BCUT2D eigenvalue weighted by atomic mass is 10.1. The molecular weight excluding hydrogens is 329 g/mol. The minimum atomic E-state index is -5.99. The summed E-state index contributed by atoms with van der Waals surface area (Å²) < 4.78 is 87.6. The average molecular weight is 334 g/mol. The van der Waals surface area contributed by atoms with E-state index in [0.717, 1.165) is 5.32 Å². The third-order valence-corrected chi connectivity index (χ3v) is 2.38. The molecule has 12 heteroatoms. The summed E-state index contributed by atoms with van der Waals surface area (Å²) in [4.78, 5) is 20.4. The topological polar surface area (TPSA) is 72.2 Å². The standard InChI is InChI=1S/C10H5F7N2O3/c11-4-1-2-5(19(21)22)7(12)6(4)8(20)18-3-9(13,14)10(15,16)17/h1-2H,3H2,(H,18,20). The summed E-state index contributed by atoms with van der Waals surface area (Å²) in [6.07, 6.45) is -5.99. The highest BCUT2D eigenvalue weighted by Gasteiger charge is 2.57. The normalized spacial score (nSPS) is 12.1. The van der Waals surface area contributed by atoms with Crippen LogP contribution in [0.3, 0.4) is 0 Å². The van der Waals surface area contributed by atoms with Crippen molar-refractivity contribution < 1.29 is 40.5 Å². The molecule has 0 saturated carbocycles. The van der Waals surface area contributed by atoms with Crippen LogP contribution in [-0.2, 0) is 0 Å². The number of nitro benzene ring substituents is 1. The van der Waals surface area contributed by atoms with Gasteiger partial charge in [0.15, 0.2) is 0 Å². The van der Waals surface area contributed by atoms with Gasteiger partial charge in [-0.1, -0.05) is 0 Å². The van der Waals surface area contributed by atoms with E-state index >= 15 is 0 Å². The first-order valence-corrected chi connectivity index (χ1v) is 5.23. The van der Waals surface area contributed by atoms with Crippen LogP contribution in [0, 0.1) is 21.7 Å². The summed E-state index contributed by atoms with van der Waals surface area (Å²) in [6.45, 7) is -2.28. The zero-order chi connectivity index (χ0) is 17.3. The van der Waals surface area contributed by atoms with Gasteiger partial charge in [0.05, 0.1) is 11.5 Å². The van der Waals surface area contributed by atoms with Gasteiger partial charge in [-0.15, -0.1) is 0 Å². The van der Waals surface area contributed by atoms with E-state index in [9.17, 15) is 45.6 Å². The summed E-state index contributed by atoms with van der Waals surface area (Å²) >= 11 is 0. The van der Waals surface area contributed by atoms with E-state index in [4.69, 9.17) is 0 Å². The molecule has 0 bridgehead atoms. The van der Waals surface area contributed by atoms with Crippen LogP contribution in [0.25, 0.3) is 0 Å². The molecule has 0 aliphatic heterocycles. The Kier molecular flexibility index (Phi) is 4.63. The van der Waals surface area contributed by atoms with E-state index in [1.807, 2.05) is 0 Å². The Morgan fingerprint density at radius 1 is 1.18 bits per heavy atom. The first-order chi connectivity index (χ1) is 9.88. The first-order valence-electron chi connectivity index (χ1n) is 5.23. The van der Waals surface area contributed by atoms with Gasteiger partial charge in [0.25, 0.3) is 5.91 Å². The first kappa shape index (κ1) is 17.7. The second-order valence-corrected chi connectivity index (χ2v) is 3.90. The zero-order valence-corrected chi connectivity index (χ0v) is 10.2. The van der Waals surface area contributed by atoms with Gasteiger partial charge >= 0.3 is 17.8 Å². The highest BCUT2D eigenvalue weighted by atomic mass is 19.4. The zero-order valence-electron chi connectivity index (χ0n) is 10.2. The molecule has 0 saturated heterocycles. The number of nitrogens with zero attached hydrogens (tertiary/aromatic N) is 1. The number of halogens is 7. The predicted molar refractivity (Wildman–Crippen MR) is 56.3 cm³/mol. The molecule has 0 aliphatic carbocycles. The molecule has 1 N–H and O–H groups in total. The Morgan fingerprint density at radius 2 is 1.73 bits per heavy atom. The van der Waals surface area contributed by atoms with E-state index in [0.29, 0.717) is 12.1 Å². The summed E-state index contributed by atoms with van der Waals surface area (Å²) in [5.41, 5.74) is -2.97. The van der Waals surface area contributed by atoms with Crippen molar-refractivity contribution >= 4 is 11.6 Å². The average Bonchev–Trinajstić information content (AvgIpc) is 2.34. The fourth-order valence-corrected chi connectivity index (χ4v) is 1.27. The molecule has 0 aliphatic rings. The molecule has 122 valence electrons. The van der Waals surface area contributed by atoms with E-state index in [-0.39, 0.29) is 0 Å². The highest BCUT2D eigenvalue weighted by molar-refractivity contribution is 5.95. The van der Waals surface area contributed by atoms with Crippen molar-refractivity contribution in [2.24, 2.45) is 0 Å². The van der Waals surface area contributed by atoms with Crippen LogP contribution < -0.4 is 5.32 Å². The van der Waals surface area contributed by atoms with Gasteiger partial charge in [0.1, 0.15) is 11.4 Å². The molecule has 0 radical (unpaired) electrons. The van der Waals surface area contributed by atoms with Crippen molar-refractivity contribution in [2.45, 2.75) is 12.1 Å². The minimum Gasteiger partial charge on any atom is -0.345 e. The van der Waals surface area contributed by atoms with Crippen LogP contribution in [0.15, 0.2) is 12.1 Å². The smallest absolute Gasteiger partial charge is 0.345 e. The largest absolute Gasteiger partial charge is 0.455 e. The van der Waals surface area contributed by atoms with Crippen LogP contribution >= 0.6 is 0 Å². The van der Waals surface area contributed by atoms with Gasteiger partial charge < -0.3 is 5.32 Å². The van der Waals surface area contributed by atoms with Crippen molar-refractivity contribution in [3.63, 3.8) is 0 Å². The molecule has 0 unspecified atom stereocenters. The molecule has 0 atom stereocenters. The number of nitrogens with one attached hydrogen (secondary N) is 1. The minimum absolute atomic E-state index is 0.304. The number of nitro groups is 1. The predicted octanol–water partition coefficient (Wildman–Crippen LogP) is 2.80. The number of alkyl halides is 5. The molecule has 0 heterocycles. The Bertz CT molecular complexity index is 615. The van der Waals surface area contributed by atoms with E-state index in [1.165, 1.54) is 0 Å². The van der Waals surface area contributed by atoms with Crippen LogP contribution in [0.5, 0.6) is 0 Å². The maximum atomic E-state index is 13.5. The van der Waals surface area contributed by atoms with Gasteiger partial charge in [-0.05, 0) is 6.07 Å². The van der Waals surface area contributed by atoms with E-state index < -0.39 is 52.4 Å². The second-order valence-electron chi connectivity index (χ2n) is 3.90. The van der Waals surface area contributed by atoms with Gasteiger partial charge in [0, 0.05) is 6.07 Å². The molecule has 5 nitrogen and oxygen atoms in total. The summed E-state index contributed by atoms with van der Waals surface area (Å²) in [6, 6.07) is 0.670. The van der Waals surface area contributed by atoms with E-state index in [2.05, 4.69) is 0 Å². The molecule has 0 spiro atoms. The number of amides is 1. The fraction of sp³-hybridized carbons (Fsp3) is 0.300. The quantitative estimate of drug-likeness (QED) is 0.523. The summed E-state index contributed by atoms with van der Waals surface area (Å²) in [5, 5.41) is 11.4. The maximum Gasteiger partial charge on any atom is 0.455 e. The van der Waals surface area contributed by atoms with Crippen molar-refractivity contribution in [2.75, 3.05) is 6.54 Å². The molecule has 1 aromatic carbocycles. The fourth-order valence-electron chi connectivity index (χ4n) is 1.27. The number of rotatable bonds is 4. The number of benzene rings is 1. The lowest BCUT2D eigenvalue weighted by molar-refractivity contribution is -0.387. The Hall–Kier alpha value is -2.40. The third kappa shape index (κ3) is 3.43. The third-order valence-electron chi connectivity index (χ3n) is 2.38. The van der Waals surface area contributed by atoms with Crippen molar-refractivity contribution in [3.8, 4) is 0 Å². The van der Waals surface area contributed by atoms with Crippen LogP contribution in [0.4, 0.5) is 36.4 Å². The van der Waals surface area contributed by atoms with Crippen LogP contribution in [-0.4, -0.2) is 29.5 Å². The van der Waals surface area contributed by atoms with Crippen molar-refractivity contribution in [1.29, 1.82) is 0 Å². The maximum absolute atomic E-state index is 13.5. The molecule has 0 fully saturated rings. The molecule has 22 heavy (non-hydrogen) atoms. The van der Waals surface area contributed by atoms with E-state index in [1.54, 1.807) is 0 Å². The van der Waals surface area contributed by atoms with Gasteiger partial charge in [-0.2, -0.15) is 26.3 Å². The Balaban J connectivity index is 3.05. The SMILES string of the molecule is O=C(NCC(F)(F)C(F)(F)F)c1c(F)ccc([N+](=O)[O-])c1F. The van der Waals surface area contributed by atoms with Gasteiger partial charge in [-0.25, -0.2) is 4.39 Å². The highest BCUT2D eigenvalue weighted by Crippen LogP contribution is 2.34. The number of hydrogen-bond donors (Lipinski definition) is 1. The second kappa shape index (κ2) is 5.77.